The quantitative estimate of drug-likeness (QED) is 0.819. The molecule has 0 fully saturated rings. The van der Waals surface area contributed by atoms with Crippen molar-refractivity contribution in [3.63, 3.8) is 0 Å². The van der Waals surface area contributed by atoms with Crippen LogP contribution in [0, 0.1) is 11.6 Å². The van der Waals surface area contributed by atoms with Gasteiger partial charge in [-0.25, -0.2) is 13.8 Å². The molecule has 0 aliphatic rings. The van der Waals surface area contributed by atoms with Gasteiger partial charge in [0.05, 0.1) is 0 Å². The van der Waals surface area contributed by atoms with Crippen LogP contribution in [0.4, 0.5) is 26.1 Å². The fourth-order valence-electron chi connectivity index (χ4n) is 1.23. The van der Waals surface area contributed by atoms with E-state index in [1.807, 2.05) is 6.07 Å². The minimum absolute atomic E-state index is 0.0925. The Labute approximate surface area is 90.9 Å². The average molecular weight is 221 g/mol. The molecule has 1 aromatic carbocycles. The van der Waals surface area contributed by atoms with E-state index in [0.29, 0.717) is 11.8 Å². The standard InChI is InChI=1S/C11H9F2N3/c12-8-6-9(13)11(16-10(8)14)15-7-4-2-1-3-5-7/h1-6H,(H3,14,15,16). The van der Waals surface area contributed by atoms with Crippen LogP contribution in [0.2, 0.25) is 0 Å². The third kappa shape index (κ3) is 2.08. The van der Waals surface area contributed by atoms with Gasteiger partial charge in [-0.3, -0.25) is 0 Å². The van der Waals surface area contributed by atoms with Gasteiger partial charge in [0.25, 0.3) is 0 Å². The molecule has 0 aliphatic heterocycles. The molecule has 1 aromatic heterocycles. The van der Waals surface area contributed by atoms with Crippen LogP contribution in [0.25, 0.3) is 0 Å². The summed E-state index contributed by atoms with van der Waals surface area (Å²) in [6.07, 6.45) is 0. The van der Waals surface area contributed by atoms with E-state index in [-0.39, 0.29) is 11.6 Å². The Hall–Kier alpha value is -2.17. The number of nitrogens with zero attached hydrogens (tertiary/aromatic N) is 1. The number of pyridine rings is 1. The highest BCUT2D eigenvalue weighted by atomic mass is 19.1. The summed E-state index contributed by atoms with van der Waals surface area (Å²) >= 11 is 0. The number of rotatable bonds is 2. The predicted octanol–water partition coefficient (Wildman–Crippen LogP) is 2.69. The SMILES string of the molecule is Nc1nc(Nc2ccccc2)c(F)cc1F. The number of hydrogen-bond donors (Lipinski definition) is 2. The Bertz CT molecular complexity index is 500. The van der Waals surface area contributed by atoms with Crippen LogP contribution in [-0.2, 0) is 0 Å². The van der Waals surface area contributed by atoms with Gasteiger partial charge >= 0.3 is 0 Å². The van der Waals surface area contributed by atoms with E-state index in [1.54, 1.807) is 24.3 Å². The first-order valence-electron chi connectivity index (χ1n) is 4.60. The third-order valence-electron chi connectivity index (χ3n) is 1.99. The van der Waals surface area contributed by atoms with Gasteiger partial charge in [0.15, 0.2) is 23.3 Å². The highest BCUT2D eigenvalue weighted by Crippen LogP contribution is 2.20. The normalized spacial score (nSPS) is 10.1. The van der Waals surface area contributed by atoms with Crippen LogP contribution in [0.15, 0.2) is 36.4 Å². The number of nitrogen functional groups attached to an aromatic ring is 1. The maximum Gasteiger partial charge on any atom is 0.169 e. The number of nitrogens with two attached hydrogens (primary N) is 1. The van der Waals surface area contributed by atoms with Crippen molar-refractivity contribution in [2.24, 2.45) is 0 Å². The minimum Gasteiger partial charge on any atom is -0.381 e. The molecule has 0 amide bonds. The zero-order chi connectivity index (χ0) is 11.5. The van der Waals surface area contributed by atoms with Gasteiger partial charge in [-0.15, -0.1) is 0 Å². The first-order valence-corrected chi connectivity index (χ1v) is 4.60. The smallest absolute Gasteiger partial charge is 0.169 e. The molecule has 0 aliphatic carbocycles. The van der Waals surface area contributed by atoms with Crippen molar-refractivity contribution in [2.75, 3.05) is 11.1 Å². The number of halogens is 2. The molecule has 0 saturated carbocycles. The van der Waals surface area contributed by atoms with Crippen LogP contribution in [0.3, 0.4) is 0 Å². The van der Waals surface area contributed by atoms with Gasteiger partial charge in [-0.1, -0.05) is 18.2 Å². The zero-order valence-electron chi connectivity index (χ0n) is 8.24. The van der Waals surface area contributed by atoms with Crippen LogP contribution >= 0.6 is 0 Å². The summed E-state index contributed by atoms with van der Waals surface area (Å²) in [5.74, 6) is -2.07. The third-order valence-corrected chi connectivity index (χ3v) is 1.99. The van der Waals surface area contributed by atoms with E-state index in [9.17, 15) is 8.78 Å². The average Bonchev–Trinajstić information content (AvgIpc) is 2.27. The van der Waals surface area contributed by atoms with Crippen molar-refractivity contribution < 1.29 is 8.78 Å². The number of para-hydroxylation sites is 1. The Morgan fingerprint density at radius 3 is 2.44 bits per heavy atom. The summed E-state index contributed by atoms with van der Waals surface area (Å²) in [5, 5.41) is 2.71. The molecule has 3 N–H and O–H groups in total. The Balaban J connectivity index is 2.32. The van der Waals surface area contributed by atoms with E-state index in [1.165, 1.54) is 0 Å². The number of anilines is 3. The van der Waals surface area contributed by atoms with E-state index in [0.717, 1.165) is 0 Å². The topological polar surface area (TPSA) is 50.9 Å². The van der Waals surface area contributed by atoms with E-state index in [4.69, 9.17) is 5.73 Å². The molecule has 0 unspecified atom stereocenters. The lowest BCUT2D eigenvalue weighted by Gasteiger charge is -2.07. The molecule has 0 radical (unpaired) electrons. The summed E-state index contributed by atoms with van der Waals surface area (Å²) in [6, 6.07) is 9.57. The summed E-state index contributed by atoms with van der Waals surface area (Å²) < 4.78 is 26.1. The fraction of sp³-hybridized carbons (Fsp3) is 0. The van der Waals surface area contributed by atoms with E-state index in [2.05, 4.69) is 10.3 Å². The van der Waals surface area contributed by atoms with Crippen molar-refractivity contribution in [1.29, 1.82) is 0 Å². The van der Waals surface area contributed by atoms with Gasteiger partial charge < -0.3 is 11.1 Å². The Morgan fingerprint density at radius 2 is 1.75 bits per heavy atom. The van der Waals surface area contributed by atoms with Crippen molar-refractivity contribution in [1.82, 2.24) is 4.98 Å². The Kier molecular flexibility index (Phi) is 2.68. The number of hydrogen-bond acceptors (Lipinski definition) is 3. The second-order valence-electron chi connectivity index (χ2n) is 3.18. The number of aromatic nitrogens is 1. The summed E-state index contributed by atoms with van der Waals surface area (Å²) in [5.41, 5.74) is 5.90. The first-order chi connectivity index (χ1) is 7.66. The lowest BCUT2D eigenvalue weighted by atomic mass is 10.3. The van der Waals surface area contributed by atoms with E-state index < -0.39 is 11.6 Å². The van der Waals surface area contributed by atoms with Crippen LogP contribution in [-0.4, -0.2) is 4.98 Å². The highest BCUT2D eigenvalue weighted by Gasteiger charge is 2.09. The molecule has 2 rings (SSSR count). The van der Waals surface area contributed by atoms with Gasteiger partial charge in [-0.05, 0) is 12.1 Å². The van der Waals surface area contributed by atoms with Crippen LogP contribution < -0.4 is 11.1 Å². The maximum atomic E-state index is 13.3. The first kappa shape index (κ1) is 10.4. The van der Waals surface area contributed by atoms with E-state index >= 15 is 0 Å². The number of nitrogens with one attached hydrogen (secondary N) is 1. The van der Waals surface area contributed by atoms with Gasteiger partial charge in [-0.2, -0.15) is 0 Å². The van der Waals surface area contributed by atoms with Gasteiger partial charge in [0.2, 0.25) is 0 Å². The maximum absolute atomic E-state index is 13.3. The molecule has 2 aromatic rings. The summed E-state index contributed by atoms with van der Waals surface area (Å²) in [7, 11) is 0. The highest BCUT2D eigenvalue weighted by molar-refractivity contribution is 5.58. The van der Waals surface area contributed by atoms with Crippen LogP contribution in [0.5, 0.6) is 0 Å². The van der Waals surface area contributed by atoms with Gasteiger partial charge in [0, 0.05) is 11.8 Å². The molecule has 0 spiro atoms. The largest absolute Gasteiger partial charge is 0.381 e. The van der Waals surface area contributed by atoms with Crippen molar-refractivity contribution in [2.45, 2.75) is 0 Å². The van der Waals surface area contributed by atoms with Crippen molar-refractivity contribution >= 4 is 17.3 Å². The molecule has 0 saturated heterocycles. The lowest BCUT2D eigenvalue weighted by molar-refractivity contribution is 0.581. The summed E-state index contributed by atoms with van der Waals surface area (Å²) in [4.78, 5) is 3.58. The minimum atomic E-state index is -0.865. The second-order valence-corrected chi connectivity index (χ2v) is 3.18. The van der Waals surface area contributed by atoms with Crippen molar-refractivity contribution in [3.8, 4) is 0 Å². The lowest BCUT2D eigenvalue weighted by Crippen LogP contribution is -2.02. The second kappa shape index (κ2) is 4.14. The fourth-order valence-corrected chi connectivity index (χ4v) is 1.23. The van der Waals surface area contributed by atoms with Crippen LogP contribution in [0.1, 0.15) is 0 Å². The molecule has 16 heavy (non-hydrogen) atoms. The van der Waals surface area contributed by atoms with Crippen molar-refractivity contribution in [3.05, 3.63) is 48.0 Å². The molecular weight excluding hydrogens is 212 g/mol. The molecule has 0 bridgehead atoms. The Morgan fingerprint density at radius 1 is 1.06 bits per heavy atom. The number of benzene rings is 1. The predicted molar refractivity (Wildman–Crippen MR) is 58.3 cm³/mol. The summed E-state index contributed by atoms with van der Waals surface area (Å²) in [6.45, 7) is 0. The molecule has 1 heterocycles. The molecule has 5 heteroatoms. The molecule has 82 valence electrons. The molecule has 3 nitrogen and oxygen atoms in total. The molecular formula is C11H9F2N3. The van der Waals surface area contributed by atoms with Gasteiger partial charge in [0.1, 0.15) is 0 Å². The molecule has 0 atom stereocenters. The monoisotopic (exact) mass is 221 g/mol. The zero-order valence-corrected chi connectivity index (χ0v) is 8.24.